The zero-order valence-corrected chi connectivity index (χ0v) is 15.4. The van der Waals surface area contributed by atoms with Gasteiger partial charge in [-0.15, -0.1) is 11.3 Å². The standard InChI is InChI=1S/C20H17FN2O3S/c1-14(24)23(18-8-3-2-4-9-18)20-22-17(13-27-20)12-26-19(25)11-15-6-5-7-16(21)10-15/h2-10,13H,11-12H2,1H3. The predicted molar refractivity (Wildman–Crippen MR) is 101 cm³/mol. The van der Waals surface area contributed by atoms with E-state index in [1.54, 1.807) is 17.5 Å². The van der Waals surface area contributed by atoms with Crippen LogP contribution in [-0.2, 0) is 27.4 Å². The number of esters is 1. The highest BCUT2D eigenvalue weighted by molar-refractivity contribution is 7.14. The Morgan fingerprint density at radius 3 is 2.63 bits per heavy atom. The minimum Gasteiger partial charge on any atom is -0.459 e. The number of aromatic nitrogens is 1. The minimum atomic E-state index is -0.471. The van der Waals surface area contributed by atoms with Gasteiger partial charge < -0.3 is 4.74 Å². The van der Waals surface area contributed by atoms with E-state index in [1.165, 1.54) is 35.3 Å². The molecule has 0 bridgehead atoms. The number of nitrogens with zero attached hydrogens (tertiary/aromatic N) is 2. The molecule has 0 aliphatic heterocycles. The fourth-order valence-corrected chi connectivity index (χ4v) is 3.36. The van der Waals surface area contributed by atoms with Gasteiger partial charge in [-0.05, 0) is 29.8 Å². The normalized spacial score (nSPS) is 10.4. The highest BCUT2D eigenvalue weighted by atomic mass is 32.1. The lowest BCUT2D eigenvalue weighted by molar-refractivity contribution is -0.144. The molecule has 2 aromatic carbocycles. The van der Waals surface area contributed by atoms with Crippen LogP contribution in [0.2, 0.25) is 0 Å². The molecular weight excluding hydrogens is 367 g/mol. The van der Waals surface area contributed by atoms with Crippen LogP contribution in [0, 0.1) is 5.82 Å². The van der Waals surface area contributed by atoms with Gasteiger partial charge in [-0.25, -0.2) is 9.37 Å². The van der Waals surface area contributed by atoms with Crippen LogP contribution in [0.4, 0.5) is 15.2 Å². The van der Waals surface area contributed by atoms with Gasteiger partial charge in [0, 0.05) is 12.3 Å². The molecular formula is C20H17FN2O3S. The molecule has 5 nitrogen and oxygen atoms in total. The van der Waals surface area contributed by atoms with E-state index in [-0.39, 0.29) is 18.9 Å². The molecule has 7 heteroatoms. The molecule has 0 fully saturated rings. The van der Waals surface area contributed by atoms with Crippen molar-refractivity contribution in [2.75, 3.05) is 4.90 Å². The molecule has 0 saturated heterocycles. The SMILES string of the molecule is CC(=O)N(c1ccccc1)c1nc(COC(=O)Cc2cccc(F)c2)cs1. The largest absolute Gasteiger partial charge is 0.459 e. The molecule has 1 aromatic heterocycles. The predicted octanol–water partition coefficient (Wildman–Crippen LogP) is 4.25. The van der Waals surface area contributed by atoms with E-state index in [1.807, 2.05) is 30.3 Å². The Morgan fingerprint density at radius 2 is 1.93 bits per heavy atom. The van der Waals surface area contributed by atoms with Crippen molar-refractivity contribution in [2.45, 2.75) is 20.0 Å². The van der Waals surface area contributed by atoms with Gasteiger partial charge in [-0.1, -0.05) is 30.3 Å². The molecule has 1 amide bonds. The Morgan fingerprint density at radius 1 is 1.15 bits per heavy atom. The van der Waals surface area contributed by atoms with Crippen molar-refractivity contribution in [1.29, 1.82) is 0 Å². The summed E-state index contributed by atoms with van der Waals surface area (Å²) in [5.41, 5.74) is 1.81. The monoisotopic (exact) mass is 384 g/mol. The summed E-state index contributed by atoms with van der Waals surface area (Å²) in [4.78, 5) is 29.9. The maximum absolute atomic E-state index is 13.2. The highest BCUT2D eigenvalue weighted by Gasteiger charge is 2.18. The number of thiazole rings is 1. The number of rotatable bonds is 6. The molecule has 0 saturated carbocycles. The number of benzene rings is 2. The average molecular weight is 384 g/mol. The van der Waals surface area contributed by atoms with Gasteiger partial charge in [0.2, 0.25) is 5.91 Å². The smallest absolute Gasteiger partial charge is 0.310 e. The van der Waals surface area contributed by atoms with Crippen LogP contribution < -0.4 is 4.90 Å². The number of carbonyl (C=O) groups is 2. The van der Waals surface area contributed by atoms with Crippen molar-refractivity contribution in [3.8, 4) is 0 Å². The van der Waals surface area contributed by atoms with Crippen LogP contribution in [0.1, 0.15) is 18.2 Å². The molecule has 0 unspecified atom stereocenters. The van der Waals surface area contributed by atoms with Gasteiger partial charge >= 0.3 is 5.97 Å². The molecule has 0 aliphatic rings. The summed E-state index contributed by atoms with van der Waals surface area (Å²) in [5, 5.41) is 2.24. The Balaban J connectivity index is 1.63. The molecule has 138 valence electrons. The van der Waals surface area contributed by atoms with Crippen LogP contribution in [0.25, 0.3) is 0 Å². The minimum absolute atomic E-state index is 0.00875. The van der Waals surface area contributed by atoms with Gasteiger partial charge in [0.05, 0.1) is 17.8 Å². The summed E-state index contributed by atoms with van der Waals surface area (Å²) in [6.07, 6.45) is -0.0155. The molecule has 27 heavy (non-hydrogen) atoms. The zero-order chi connectivity index (χ0) is 19.2. The number of amides is 1. The number of hydrogen-bond acceptors (Lipinski definition) is 5. The summed E-state index contributed by atoms with van der Waals surface area (Å²) in [6.45, 7) is 1.46. The number of para-hydroxylation sites is 1. The first-order valence-corrected chi connectivity index (χ1v) is 9.11. The second-order valence-corrected chi connectivity index (χ2v) is 6.62. The number of carbonyl (C=O) groups excluding carboxylic acids is 2. The van der Waals surface area contributed by atoms with E-state index >= 15 is 0 Å². The maximum atomic E-state index is 13.2. The Kier molecular flexibility index (Phi) is 5.93. The Labute approximate surface area is 160 Å². The number of halogens is 1. The molecule has 3 aromatic rings. The lowest BCUT2D eigenvalue weighted by Gasteiger charge is -2.17. The Bertz CT molecular complexity index is 943. The van der Waals surface area contributed by atoms with Crippen molar-refractivity contribution in [1.82, 2.24) is 4.98 Å². The first kappa shape index (κ1) is 18.7. The van der Waals surface area contributed by atoms with Crippen molar-refractivity contribution in [3.05, 3.63) is 77.1 Å². The fourth-order valence-electron chi connectivity index (χ4n) is 2.49. The van der Waals surface area contributed by atoms with Gasteiger partial charge in [0.1, 0.15) is 12.4 Å². The van der Waals surface area contributed by atoms with Crippen molar-refractivity contribution in [3.63, 3.8) is 0 Å². The topological polar surface area (TPSA) is 59.5 Å². The third-order valence-corrected chi connectivity index (χ3v) is 4.55. The highest BCUT2D eigenvalue weighted by Crippen LogP contribution is 2.28. The van der Waals surface area contributed by atoms with Crippen molar-refractivity contribution >= 4 is 34.0 Å². The number of ether oxygens (including phenoxy) is 1. The van der Waals surface area contributed by atoms with Crippen LogP contribution in [-0.4, -0.2) is 16.9 Å². The lowest BCUT2D eigenvalue weighted by Crippen LogP contribution is -2.22. The second kappa shape index (κ2) is 8.55. The Hall–Kier alpha value is -3.06. The van der Waals surface area contributed by atoms with Crippen molar-refractivity contribution < 1.29 is 18.7 Å². The van der Waals surface area contributed by atoms with Crippen LogP contribution in [0.5, 0.6) is 0 Å². The van der Waals surface area contributed by atoms with Crippen LogP contribution in [0.3, 0.4) is 0 Å². The quantitative estimate of drug-likeness (QED) is 0.596. The van der Waals surface area contributed by atoms with Gasteiger partial charge in [0.15, 0.2) is 5.13 Å². The van der Waals surface area contributed by atoms with Crippen LogP contribution in [0.15, 0.2) is 60.0 Å². The van der Waals surface area contributed by atoms with Crippen molar-refractivity contribution in [2.24, 2.45) is 0 Å². The third kappa shape index (κ3) is 4.98. The zero-order valence-electron chi connectivity index (χ0n) is 14.6. The second-order valence-electron chi connectivity index (χ2n) is 5.78. The van der Waals surface area contributed by atoms with E-state index in [0.29, 0.717) is 22.1 Å². The van der Waals surface area contributed by atoms with Crippen LogP contribution >= 0.6 is 11.3 Å². The van der Waals surface area contributed by atoms with E-state index in [0.717, 1.165) is 0 Å². The third-order valence-electron chi connectivity index (χ3n) is 3.68. The number of anilines is 2. The summed E-state index contributed by atoms with van der Waals surface area (Å²) in [6, 6.07) is 15.0. The van der Waals surface area contributed by atoms with Gasteiger partial charge in [-0.3, -0.25) is 14.5 Å². The summed E-state index contributed by atoms with van der Waals surface area (Å²) in [5.74, 6) is -1.03. The molecule has 0 atom stereocenters. The van der Waals surface area contributed by atoms with E-state index < -0.39 is 11.8 Å². The molecule has 0 N–H and O–H groups in total. The maximum Gasteiger partial charge on any atom is 0.310 e. The van der Waals surface area contributed by atoms with E-state index in [9.17, 15) is 14.0 Å². The summed E-state index contributed by atoms with van der Waals surface area (Å²) >= 11 is 1.29. The molecule has 3 rings (SSSR count). The first-order chi connectivity index (χ1) is 13.0. The molecule has 0 radical (unpaired) electrons. The van der Waals surface area contributed by atoms with Gasteiger partial charge in [0.25, 0.3) is 0 Å². The fraction of sp³-hybridized carbons (Fsp3) is 0.150. The summed E-state index contributed by atoms with van der Waals surface area (Å²) < 4.78 is 18.4. The molecule has 0 aliphatic carbocycles. The molecule has 1 heterocycles. The van der Waals surface area contributed by atoms with E-state index in [4.69, 9.17) is 4.74 Å². The lowest BCUT2D eigenvalue weighted by atomic mass is 10.1. The average Bonchev–Trinajstić information content (AvgIpc) is 3.09. The molecule has 0 spiro atoms. The first-order valence-electron chi connectivity index (χ1n) is 8.23. The number of hydrogen-bond donors (Lipinski definition) is 0. The van der Waals surface area contributed by atoms with E-state index in [2.05, 4.69) is 4.98 Å². The summed E-state index contributed by atoms with van der Waals surface area (Å²) in [7, 11) is 0. The van der Waals surface area contributed by atoms with Gasteiger partial charge in [-0.2, -0.15) is 0 Å².